The van der Waals surface area contributed by atoms with Crippen LogP contribution in [0.1, 0.15) is 32.3 Å². The summed E-state index contributed by atoms with van der Waals surface area (Å²) in [5.41, 5.74) is 1.36. The highest BCUT2D eigenvalue weighted by Crippen LogP contribution is 2.15. The van der Waals surface area contributed by atoms with Gasteiger partial charge in [0.2, 0.25) is 0 Å². The van der Waals surface area contributed by atoms with Gasteiger partial charge in [0.05, 0.1) is 0 Å². The Morgan fingerprint density at radius 2 is 2.20 bits per heavy atom. The van der Waals surface area contributed by atoms with E-state index in [1.165, 1.54) is 25.1 Å². The van der Waals surface area contributed by atoms with Crippen molar-refractivity contribution in [1.29, 1.82) is 0 Å². The van der Waals surface area contributed by atoms with Crippen molar-refractivity contribution in [2.75, 3.05) is 38.5 Å². The number of nitrogens with zero attached hydrogens (tertiary/aromatic N) is 3. The quantitative estimate of drug-likeness (QED) is 0.864. The average Bonchev–Trinajstić information content (AvgIpc) is 2.47. The molecule has 0 bridgehead atoms. The zero-order valence-corrected chi connectivity index (χ0v) is 13.1. The lowest BCUT2D eigenvalue weighted by Crippen LogP contribution is -2.50. The molecule has 0 aromatic carbocycles. The summed E-state index contributed by atoms with van der Waals surface area (Å²) < 4.78 is 0. The third kappa shape index (κ3) is 4.18. The summed E-state index contributed by atoms with van der Waals surface area (Å²) in [6.45, 7) is 9.98. The van der Waals surface area contributed by atoms with E-state index in [-0.39, 0.29) is 0 Å². The standard InChI is InChI=1S/C16H28N4/c1-4-7-17-16-11-14(6-8-18-16)12-20-10-9-19(3)15(5-2)13-20/h6,8,11,15H,4-5,7,9-10,12-13H2,1-3H3,(H,17,18). The van der Waals surface area contributed by atoms with Gasteiger partial charge in [0.25, 0.3) is 0 Å². The fourth-order valence-electron chi connectivity index (χ4n) is 2.78. The van der Waals surface area contributed by atoms with E-state index in [1.807, 2.05) is 6.20 Å². The number of pyridine rings is 1. The van der Waals surface area contributed by atoms with Crippen LogP contribution in [0.25, 0.3) is 0 Å². The molecule has 1 saturated heterocycles. The van der Waals surface area contributed by atoms with E-state index in [1.54, 1.807) is 0 Å². The van der Waals surface area contributed by atoms with Gasteiger partial charge in [0, 0.05) is 45.0 Å². The van der Waals surface area contributed by atoms with E-state index < -0.39 is 0 Å². The Morgan fingerprint density at radius 1 is 1.35 bits per heavy atom. The summed E-state index contributed by atoms with van der Waals surface area (Å²) in [7, 11) is 2.24. The monoisotopic (exact) mass is 276 g/mol. The van der Waals surface area contributed by atoms with Gasteiger partial charge in [0.15, 0.2) is 0 Å². The zero-order valence-electron chi connectivity index (χ0n) is 13.1. The fraction of sp³-hybridized carbons (Fsp3) is 0.688. The van der Waals surface area contributed by atoms with Gasteiger partial charge < -0.3 is 10.2 Å². The molecule has 112 valence electrons. The zero-order chi connectivity index (χ0) is 14.4. The highest BCUT2D eigenvalue weighted by molar-refractivity contribution is 5.37. The maximum Gasteiger partial charge on any atom is 0.126 e. The van der Waals surface area contributed by atoms with Crippen molar-refractivity contribution >= 4 is 5.82 Å². The number of aromatic nitrogens is 1. The molecule has 4 heteroatoms. The first kappa shape index (κ1) is 15.3. The summed E-state index contributed by atoms with van der Waals surface area (Å²) in [6.07, 6.45) is 4.27. The summed E-state index contributed by atoms with van der Waals surface area (Å²) in [6, 6.07) is 5.02. The molecule has 1 aromatic heterocycles. The van der Waals surface area contributed by atoms with Gasteiger partial charge in [-0.25, -0.2) is 4.98 Å². The van der Waals surface area contributed by atoms with Crippen molar-refractivity contribution in [2.45, 2.75) is 39.3 Å². The molecule has 0 aliphatic carbocycles. The Morgan fingerprint density at radius 3 is 2.95 bits per heavy atom. The lowest BCUT2D eigenvalue weighted by molar-refractivity contribution is 0.0884. The van der Waals surface area contributed by atoms with Crippen LogP contribution in [-0.4, -0.2) is 54.1 Å². The van der Waals surface area contributed by atoms with Crippen molar-refractivity contribution in [1.82, 2.24) is 14.8 Å². The molecular weight excluding hydrogens is 248 g/mol. The average molecular weight is 276 g/mol. The number of piperazine rings is 1. The molecule has 1 atom stereocenters. The normalized spacial score (nSPS) is 21.1. The fourth-order valence-corrected chi connectivity index (χ4v) is 2.78. The smallest absolute Gasteiger partial charge is 0.126 e. The van der Waals surface area contributed by atoms with Crippen LogP contribution in [0.15, 0.2) is 18.3 Å². The molecule has 2 rings (SSSR count). The highest BCUT2D eigenvalue weighted by atomic mass is 15.3. The van der Waals surface area contributed by atoms with E-state index in [2.05, 4.69) is 53.1 Å². The number of nitrogens with one attached hydrogen (secondary N) is 1. The molecule has 1 unspecified atom stereocenters. The minimum Gasteiger partial charge on any atom is -0.370 e. The first-order valence-electron chi connectivity index (χ1n) is 7.84. The topological polar surface area (TPSA) is 31.4 Å². The van der Waals surface area contributed by atoms with Crippen molar-refractivity contribution in [2.24, 2.45) is 0 Å². The van der Waals surface area contributed by atoms with Crippen LogP contribution in [0.4, 0.5) is 5.82 Å². The van der Waals surface area contributed by atoms with Crippen LogP contribution in [0, 0.1) is 0 Å². The summed E-state index contributed by atoms with van der Waals surface area (Å²) in [4.78, 5) is 9.42. The van der Waals surface area contributed by atoms with E-state index in [4.69, 9.17) is 0 Å². The van der Waals surface area contributed by atoms with Crippen LogP contribution in [0.3, 0.4) is 0 Å². The molecule has 1 N–H and O–H groups in total. The maximum absolute atomic E-state index is 4.38. The Balaban J connectivity index is 1.92. The number of hydrogen-bond acceptors (Lipinski definition) is 4. The summed E-state index contributed by atoms with van der Waals surface area (Å²) in [5, 5.41) is 3.36. The van der Waals surface area contributed by atoms with Gasteiger partial charge >= 0.3 is 0 Å². The third-order valence-corrected chi connectivity index (χ3v) is 4.12. The third-order valence-electron chi connectivity index (χ3n) is 4.12. The van der Waals surface area contributed by atoms with Crippen LogP contribution in [0.5, 0.6) is 0 Å². The van der Waals surface area contributed by atoms with Crippen LogP contribution >= 0.6 is 0 Å². The molecule has 0 amide bonds. The van der Waals surface area contributed by atoms with Crippen LogP contribution in [-0.2, 0) is 6.54 Å². The Hall–Kier alpha value is -1.13. The van der Waals surface area contributed by atoms with Gasteiger partial charge in [-0.2, -0.15) is 0 Å². The maximum atomic E-state index is 4.38. The molecular formula is C16H28N4. The second kappa shape index (κ2) is 7.60. The van der Waals surface area contributed by atoms with Gasteiger partial charge in [-0.1, -0.05) is 13.8 Å². The second-order valence-corrected chi connectivity index (χ2v) is 5.75. The number of hydrogen-bond donors (Lipinski definition) is 1. The van der Waals surface area contributed by atoms with E-state index >= 15 is 0 Å². The lowest BCUT2D eigenvalue weighted by atomic mass is 10.1. The number of rotatable bonds is 6. The molecule has 1 aliphatic rings. The van der Waals surface area contributed by atoms with Crippen molar-refractivity contribution in [3.63, 3.8) is 0 Å². The predicted molar refractivity (Wildman–Crippen MR) is 85.0 cm³/mol. The minimum atomic E-state index is 0.697. The molecule has 1 aromatic rings. The first-order chi connectivity index (χ1) is 9.72. The number of likely N-dealkylation sites (N-methyl/N-ethyl adjacent to an activating group) is 1. The molecule has 0 spiro atoms. The largest absolute Gasteiger partial charge is 0.370 e. The molecule has 2 heterocycles. The summed E-state index contributed by atoms with van der Waals surface area (Å²) >= 11 is 0. The predicted octanol–water partition coefficient (Wildman–Crippen LogP) is 2.43. The van der Waals surface area contributed by atoms with Gasteiger partial charge in [-0.3, -0.25) is 4.90 Å². The second-order valence-electron chi connectivity index (χ2n) is 5.75. The van der Waals surface area contributed by atoms with E-state index in [9.17, 15) is 0 Å². The Bertz CT molecular complexity index is 407. The lowest BCUT2D eigenvalue weighted by Gasteiger charge is -2.39. The van der Waals surface area contributed by atoms with Crippen LogP contribution < -0.4 is 5.32 Å². The molecule has 20 heavy (non-hydrogen) atoms. The molecule has 1 fully saturated rings. The Kier molecular flexibility index (Phi) is 5.80. The summed E-state index contributed by atoms with van der Waals surface area (Å²) in [5.74, 6) is 1.01. The van der Waals surface area contributed by atoms with Crippen molar-refractivity contribution < 1.29 is 0 Å². The molecule has 0 radical (unpaired) electrons. The van der Waals surface area contributed by atoms with E-state index in [0.717, 1.165) is 31.9 Å². The Labute approximate surface area is 123 Å². The van der Waals surface area contributed by atoms with Crippen molar-refractivity contribution in [3.05, 3.63) is 23.9 Å². The van der Waals surface area contributed by atoms with Gasteiger partial charge in [-0.15, -0.1) is 0 Å². The highest BCUT2D eigenvalue weighted by Gasteiger charge is 2.22. The molecule has 0 saturated carbocycles. The van der Waals surface area contributed by atoms with Gasteiger partial charge in [0.1, 0.15) is 5.82 Å². The van der Waals surface area contributed by atoms with E-state index in [0.29, 0.717) is 6.04 Å². The first-order valence-corrected chi connectivity index (χ1v) is 7.84. The minimum absolute atomic E-state index is 0.697. The number of anilines is 1. The molecule has 1 aliphatic heterocycles. The van der Waals surface area contributed by atoms with Crippen LogP contribution in [0.2, 0.25) is 0 Å². The SMILES string of the molecule is CCCNc1cc(CN2CCN(C)C(CC)C2)ccn1. The molecule has 4 nitrogen and oxygen atoms in total. The van der Waals surface area contributed by atoms with Crippen molar-refractivity contribution in [3.8, 4) is 0 Å². The van der Waals surface area contributed by atoms with Gasteiger partial charge in [-0.05, 0) is 37.6 Å².